The maximum atomic E-state index is 12.4. The van der Waals surface area contributed by atoms with E-state index in [-0.39, 0.29) is 12.0 Å². The van der Waals surface area contributed by atoms with Crippen LogP contribution in [0.5, 0.6) is 0 Å². The van der Waals surface area contributed by atoms with Crippen LogP contribution in [0.3, 0.4) is 0 Å². The number of hydrogen-bond acceptors (Lipinski definition) is 3. The Balaban J connectivity index is 2.20. The molecule has 5 nitrogen and oxygen atoms in total. The first kappa shape index (κ1) is 12.1. The average molecular weight is 237 g/mol. The van der Waals surface area contributed by atoms with E-state index in [0.717, 1.165) is 11.4 Å². The molecule has 2 heterocycles. The van der Waals surface area contributed by atoms with E-state index in [2.05, 4.69) is 5.10 Å². The minimum absolute atomic E-state index is 0.0417. The van der Waals surface area contributed by atoms with Crippen molar-refractivity contribution in [2.45, 2.75) is 32.8 Å². The highest BCUT2D eigenvalue weighted by Crippen LogP contribution is 2.18. The number of aryl methyl sites for hydroxylation is 2. The Morgan fingerprint density at radius 1 is 1.35 bits per heavy atom. The van der Waals surface area contributed by atoms with Gasteiger partial charge in [0.1, 0.15) is 0 Å². The summed E-state index contributed by atoms with van der Waals surface area (Å²) in [5, 5.41) is 13.7. The number of amides is 1. The van der Waals surface area contributed by atoms with Crippen LogP contribution in [-0.4, -0.2) is 44.9 Å². The molecule has 1 fully saturated rings. The first-order chi connectivity index (χ1) is 8.00. The largest absolute Gasteiger partial charge is 0.393 e. The molecule has 17 heavy (non-hydrogen) atoms. The molecule has 2 rings (SSSR count). The van der Waals surface area contributed by atoms with Gasteiger partial charge in [0.15, 0.2) is 0 Å². The predicted molar refractivity (Wildman–Crippen MR) is 63.8 cm³/mol. The summed E-state index contributed by atoms with van der Waals surface area (Å²) in [6, 6.07) is 0. The standard InChI is InChI=1S/C12H19N3O2/c1-8-11(9(2)14(3)13-8)12(17)15-6-4-10(16)5-7-15/h10,16H,4-7H2,1-3H3. The summed E-state index contributed by atoms with van der Waals surface area (Å²) in [4.78, 5) is 14.2. The summed E-state index contributed by atoms with van der Waals surface area (Å²) in [5.74, 6) is 0.0417. The number of carbonyl (C=O) groups excluding carboxylic acids is 1. The molecule has 94 valence electrons. The summed E-state index contributed by atoms with van der Waals surface area (Å²) in [6.45, 7) is 5.03. The Hall–Kier alpha value is -1.36. The first-order valence-electron chi connectivity index (χ1n) is 5.98. The van der Waals surface area contributed by atoms with Gasteiger partial charge in [0.05, 0.1) is 17.4 Å². The van der Waals surface area contributed by atoms with Crippen LogP contribution in [0.1, 0.15) is 34.6 Å². The third kappa shape index (κ3) is 2.20. The highest BCUT2D eigenvalue weighted by atomic mass is 16.3. The van der Waals surface area contributed by atoms with Crippen LogP contribution in [0.4, 0.5) is 0 Å². The second kappa shape index (κ2) is 4.49. The molecule has 0 aliphatic carbocycles. The number of aliphatic hydroxyl groups excluding tert-OH is 1. The monoisotopic (exact) mass is 237 g/mol. The zero-order valence-electron chi connectivity index (χ0n) is 10.6. The van der Waals surface area contributed by atoms with Gasteiger partial charge >= 0.3 is 0 Å². The predicted octanol–water partition coefficient (Wildman–Crippen LogP) is 0.634. The number of carbonyl (C=O) groups is 1. The molecule has 0 unspecified atom stereocenters. The SMILES string of the molecule is Cc1nn(C)c(C)c1C(=O)N1CCC(O)CC1. The van der Waals surface area contributed by atoms with E-state index >= 15 is 0 Å². The lowest BCUT2D eigenvalue weighted by Crippen LogP contribution is -2.40. The minimum Gasteiger partial charge on any atom is -0.393 e. The number of likely N-dealkylation sites (tertiary alicyclic amines) is 1. The van der Waals surface area contributed by atoms with Crippen molar-refractivity contribution in [3.8, 4) is 0 Å². The van der Waals surface area contributed by atoms with E-state index in [9.17, 15) is 9.90 Å². The van der Waals surface area contributed by atoms with Gasteiger partial charge in [-0.25, -0.2) is 0 Å². The van der Waals surface area contributed by atoms with Crippen LogP contribution in [-0.2, 0) is 7.05 Å². The van der Waals surface area contributed by atoms with Crippen molar-refractivity contribution in [2.75, 3.05) is 13.1 Å². The van der Waals surface area contributed by atoms with Crippen molar-refractivity contribution in [2.24, 2.45) is 7.05 Å². The normalized spacial score (nSPS) is 17.5. The fourth-order valence-corrected chi connectivity index (χ4v) is 2.31. The molecule has 0 saturated carbocycles. The zero-order valence-corrected chi connectivity index (χ0v) is 10.6. The van der Waals surface area contributed by atoms with Crippen LogP contribution < -0.4 is 0 Å². The fraction of sp³-hybridized carbons (Fsp3) is 0.667. The number of rotatable bonds is 1. The van der Waals surface area contributed by atoms with E-state index in [1.165, 1.54) is 0 Å². The third-order valence-corrected chi connectivity index (χ3v) is 3.47. The van der Waals surface area contributed by atoms with Gasteiger partial charge in [-0.15, -0.1) is 0 Å². The molecule has 0 radical (unpaired) electrons. The summed E-state index contributed by atoms with van der Waals surface area (Å²) in [5.41, 5.74) is 2.39. The van der Waals surface area contributed by atoms with Crippen molar-refractivity contribution in [3.63, 3.8) is 0 Å². The quantitative estimate of drug-likeness (QED) is 0.779. The molecule has 0 bridgehead atoms. The van der Waals surface area contributed by atoms with Gasteiger partial charge in [0, 0.05) is 25.8 Å². The van der Waals surface area contributed by atoms with Crippen molar-refractivity contribution >= 4 is 5.91 Å². The fourth-order valence-electron chi connectivity index (χ4n) is 2.31. The van der Waals surface area contributed by atoms with E-state index in [1.807, 2.05) is 25.8 Å². The zero-order chi connectivity index (χ0) is 12.6. The summed E-state index contributed by atoms with van der Waals surface area (Å²) in [7, 11) is 1.85. The third-order valence-electron chi connectivity index (χ3n) is 3.47. The van der Waals surface area contributed by atoms with Crippen LogP contribution >= 0.6 is 0 Å². The lowest BCUT2D eigenvalue weighted by Gasteiger charge is -2.29. The molecule has 1 aromatic rings. The smallest absolute Gasteiger partial charge is 0.257 e. The van der Waals surface area contributed by atoms with Crippen molar-refractivity contribution in [1.29, 1.82) is 0 Å². The molecule has 1 amide bonds. The van der Waals surface area contributed by atoms with Gasteiger partial charge in [-0.3, -0.25) is 9.48 Å². The maximum Gasteiger partial charge on any atom is 0.257 e. The van der Waals surface area contributed by atoms with Crippen molar-refractivity contribution in [3.05, 3.63) is 17.0 Å². The van der Waals surface area contributed by atoms with Crippen LogP contribution in [0, 0.1) is 13.8 Å². The van der Waals surface area contributed by atoms with E-state index in [4.69, 9.17) is 0 Å². The maximum absolute atomic E-state index is 12.4. The van der Waals surface area contributed by atoms with Gasteiger partial charge in [-0.1, -0.05) is 0 Å². The average Bonchev–Trinajstić information content (AvgIpc) is 2.53. The second-order valence-electron chi connectivity index (χ2n) is 4.69. The molecular formula is C12H19N3O2. The molecule has 0 atom stereocenters. The van der Waals surface area contributed by atoms with Gasteiger partial charge in [0.25, 0.3) is 5.91 Å². The number of nitrogens with zero attached hydrogens (tertiary/aromatic N) is 3. The molecular weight excluding hydrogens is 218 g/mol. The van der Waals surface area contributed by atoms with E-state index in [1.54, 1.807) is 4.68 Å². The van der Waals surface area contributed by atoms with E-state index in [0.29, 0.717) is 31.5 Å². The molecule has 1 saturated heterocycles. The second-order valence-corrected chi connectivity index (χ2v) is 4.69. The number of hydrogen-bond donors (Lipinski definition) is 1. The Morgan fingerprint density at radius 2 is 1.94 bits per heavy atom. The Kier molecular flexibility index (Phi) is 3.19. The number of aliphatic hydroxyl groups is 1. The molecule has 1 aromatic heterocycles. The van der Waals surface area contributed by atoms with Crippen LogP contribution in [0.2, 0.25) is 0 Å². The van der Waals surface area contributed by atoms with Crippen molar-refractivity contribution in [1.82, 2.24) is 14.7 Å². The number of piperidine rings is 1. The number of aromatic nitrogens is 2. The molecule has 1 N–H and O–H groups in total. The lowest BCUT2D eigenvalue weighted by molar-refractivity contribution is 0.0545. The summed E-state index contributed by atoms with van der Waals surface area (Å²) in [6.07, 6.45) is 1.09. The Bertz CT molecular complexity index is 431. The van der Waals surface area contributed by atoms with Crippen LogP contribution in [0.15, 0.2) is 0 Å². The summed E-state index contributed by atoms with van der Waals surface area (Å²) >= 11 is 0. The summed E-state index contributed by atoms with van der Waals surface area (Å²) < 4.78 is 1.74. The topological polar surface area (TPSA) is 58.4 Å². The van der Waals surface area contributed by atoms with Gasteiger partial charge in [0.2, 0.25) is 0 Å². The van der Waals surface area contributed by atoms with Crippen molar-refractivity contribution < 1.29 is 9.90 Å². The first-order valence-corrected chi connectivity index (χ1v) is 5.98. The highest BCUT2D eigenvalue weighted by Gasteiger charge is 2.26. The minimum atomic E-state index is -0.254. The van der Waals surface area contributed by atoms with Gasteiger partial charge in [-0.05, 0) is 26.7 Å². The Morgan fingerprint density at radius 3 is 2.41 bits per heavy atom. The highest BCUT2D eigenvalue weighted by molar-refractivity contribution is 5.96. The van der Waals surface area contributed by atoms with Gasteiger partial charge in [-0.2, -0.15) is 5.10 Å². The molecule has 5 heteroatoms. The molecule has 1 aliphatic rings. The van der Waals surface area contributed by atoms with Gasteiger partial charge < -0.3 is 10.0 Å². The molecule has 0 aromatic carbocycles. The van der Waals surface area contributed by atoms with E-state index < -0.39 is 0 Å². The molecule has 1 aliphatic heterocycles. The lowest BCUT2D eigenvalue weighted by atomic mass is 10.1. The van der Waals surface area contributed by atoms with Crippen LogP contribution in [0.25, 0.3) is 0 Å². The molecule has 0 spiro atoms. The Labute approximate surface area is 101 Å².